The van der Waals surface area contributed by atoms with Gasteiger partial charge in [0.05, 0.1) is 0 Å². The third kappa shape index (κ3) is 7.97. The zero-order valence-corrected chi connectivity index (χ0v) is 9.75. The lowest BCUT2D eigenvalue weighted by atomic mass is 10.0. The van der Waals surface area contributed by atoms with E-state index in [0.717, 1.165) is 12.8 Å². The molecule has 0 bridgehead atoms. The molecule has 0 aliphatic heterocycles. The molecule has 0 aromatic carbocycles. The van der Waals surface area contributed by atoms with Crippen molar-refractivity contribution in [2.75, 3.05) is 0 Å². The molecule has 15 heavy (non-hydrogen) atoms. The van der Waals surface area contributed by atoms with Crippen molar-refractivity contribution < 1.29 is 14.7 Å². The normalized spacial score (nSPS) is 14.3. The summed E-state index contributed by atoms with van der Waals surface area (Å²) < 4.78 is 0. The minimum atomic E-state index is -0.850. The molecule has 2 N–H and O–H groups in total. The van der Waals surface area contributed by atoms with Crippen LogP contribution in [0.1, 0.15) is 46.5 Å². The molecule has 4 nitrogen and oxygen atoms in total. The number of carbonyl (C=O) groups is 2. The molecule has 4 heteroatoms. The highest BCUT2D eigenvalue weighted by Crippen LogP contribution is 2.07. The minimum absolute atomic E-state index is 0.0512. The number of hydrogen-bond donors (Lipinski definition) is 2. The van der Waals surface area contributed by atoms with Gasteiger partial charge in [-0.3, -0.25) is 9.59 Å². The Hall–Kier alpha value is -1.06. The third-order valence-corrected chi connectivity index (χ3v) is 2.19. The van der Waals surface area contributed by atoms with Crippen LogP contribution >= 0.6 is 0 Å². The van der Waals surface area contributed by atoms with Gasteiger partial charge >= 0.3 is 5.97 Å². The molecule has 1 amide bonds. The Bertz CT molecular complexity index is 216. The molecule has 0 radical (unpaired) electrons. The zero-order chi connectivity index (χ0) is 11.8. The molecule has 0 aromatic rings. The van der Waals surface area contributed by atoms with Crippen LogP contribution in [0.25, 0.3) is 0 Å². The minimum Gasteiger partial charge on any atom is -0.481 e. The van der Waals surface area contributed by atoms with Gasteiger partial charge in [0.15, 0.2) is 0 Å². The Labute approximate surface area is 91.1 Å². The van der Waals surface area contributed by atoms with E-state index in [-0.39, 0.29) is 24.3 Å². The van der Waals surface area contributed by atoms with E-state index in [2.05, 4.69) is 12.2 Å². The maximum atomic E-state index is 11.4. The smallest absolute Gasteiger partial charge is 0.303 e. The summed E-state index contributed by atoms with van der Waals surface area (Å²) in [6, 6.07) is 0.180. The van der Waals surface area contributed by atoms with E-state index in [9.17, 15) is 9.59 Å². The fourth-order valence-corrected chi connectivity index (χ4v) is 1.53. The molecule has 0 aliphatic rings. The van der Waals surface area contributed by atoms with Crippen molar-refractivity contribution in [3.63, 3.8) is 0 Å². The monoisotopic (exact) mass is 215 g/mol. The lowest BCUT2D eigenvalue weighted by molar-refractivity contribution is -0.138. The number of carbonyl (C=O) groups excluding carboxylic acids is 1. The van der Waals surface area contributed by atoms with E-state index in [1.807, 2.05) is 6.92 Å². The van der Waals surface area contributed by atoms with Crippen molar-refractivity contribution in [1.29, 1.82) is 0 Å². The van der Waals surface area contributed by atoms with E-state index in [1.165, 1.54) is 0 Å². The number of amides is 1. The molecular weight excluding hydrogens is 194 g/mol. The molecule has 0 saturated carbocycles. The summed E-state index contributed by atoms with van der Waals surface area (Å²) in [4.78, 5) is 21.8. The van der Waals surface area contributed by atoms with Crippen LogP contribution in [0.5, 0.6) is 0 Å². The van der Waals surface area contributed by atoms with Gasteiger partial charge < -0.3 is 10.4 Å². The number of carboxylic acid groups (broad SMARTS) is 1. The van der Waals surface area contributed by atoms with Crippen LogP contribution in [0.15, 0.2) is 0 Å². The van der Waals surface area contributed by atoms with Crippen molar-refractivity contribution in [3.8, 4) is 0 Å². The summed E-state index contributed by atoms with van der Waals surface area (Å²) in [5, 5.41) is 11.4. The molecular formula is C11H21NO3. The summed E-state index contributed by atoms with van der Waals surface area (Å²) in [6.07, 6.45) is 2.33. The van der Waals surface area contributed by atoms with Crippen LogP contribution in [0.4, 0.5) is 0 Å². The Kier molecular flexibility index (Phi) is 6.75. The lowest BCUT2D eigenvalue weighted by Crippen LogP contribution is -2.33. The van der Waals surface area contributed by atoms with Gasteiger partial charge in [0.25, 0.3) is 0 Å². The standard InChI is InChI=1S/C11H21NO3/c1-4-5-9(3)12-10(13)6-8(2)7-11(14)15/h8-9H,4-7H2,1-3H3,(H,12,13)(H,14,15). The predicted octanol–water partition coefficient (Wildman–Crippen LogP) is 1.79. The molecule has 0 aromatic heterocycles. The first-order chi connectivity index (χ1) is 6.95. The number of nitrogens with one attached hydrogen (secondary N) is 1. The third-order valence-electron chi connectivity index (χ3n) is 2.19. The van der Waals surface area contributed by atoms with E-state index in [4.69, 9.17) is 5.11 Å². The van der Waals surface area contributed by atoms with E-state index in [0.29, 0.717) is 6.42 Å². The van der Waals surface area contributed by atoms with E-state index < -0.39 is 5.97 Å². The van der Waals surface area contributed by atoms with E-state index in [1.54, 1.807) is 6.92 Å². The highest BCUT2D eigenvalue weighted by molar-refractivity contribution is 5.77. The SMILES string of the molecule is CCCC(C)NC(=O)CC(C)CC(=O)O. The molecule has 0 rings (SSSR count). The predicted molar refractivity (Wildman–Crippen MR) is 58.5 cm³/mol. The van der Waals surface area contributed by atoms with Crippen LogP contribution in [0, 0.1) is 5.92 Å². The number of aliphatic carboxylic acids is 1. The molecule has 0 aliphatic carbocycles. The fraction of sp³-hybridized carbons (Fsp3) is 0.818. The van der Waals surface area contributed by atoms with Crippen LogP contribution in [-0.2, 0) is 9.59 Å². The molecule has 0 spiro atoms. The molecule has 88 valence electrons. The quantitative estimate of drug-likeness (QED) is 0.680. The zero-order valence-electron chi connectivity index (χ0n) is 9.75. The second-order valence-corrected chi connectivity index (χ2v) is 4.16. The van der Waals surface area contributed by atoms with E-state index >= 15 is 0 Å². The van der Waals surface area contributed by atoms with Gasteiger partial charge in [0, 0.05) is 18.9 Å². The first-order valence-corrected chi connectivity index (χ1v) is 5.46. The molecule has 2 unspecified atom stereocenters. The first-order valence-electron chi connectivity index (χ1n) is 5.46. The second kappa shape index (κ2) is 7.26. The van der Waals surface area contributed by atoms with Crippen molar-refractivity contribution in [3.05, 3.63) is 0 Å². The summed E-state index contributed by atoms with van der Waals surface area (Å²) in [6.45, 7) is 5.80. The maximum Gasteiger partial charge on any atom is 0.303 e. The average molecular weight is 215 g/mol. The van der Waals surface area contributed by atoms with Crippen LogP contribution in [0.3, 0.4) is 0 Å². The van der Waals surface area contributed by atoms with Crippen LogP contribution in [0.2, 0.25) is 0 Å². The summed E-state index contributed by atoms with van der Waals surface area (Å²) in [5.41, 5.74) is 0. The van der Waals surface area contributed by atoms with Gasteiger partial charge in [-0.05, 0) is 19.3 Å². The Balaban J connectivity index is 3.77. The van der Waals surface area contributed by atoms with Gasteiger partial charge in [0.2, 0.25) is 5.91 Å². The number of rotatable bonds is 7. The number of hydrogen-bond acceptors (Lipinski definition) is 2. The Morgan fingerprint density at radius 3 is 2.33 bits per heavy atom. The lowest BCUT2D eigenvalue weighted by Gasteiger charge is -2.14. The van der Waals surface area contributed by atoms with Crippen molar-refractivity contribution in [2.24, 2.45) is 5.92 Å². The van der Waals surface area contributed by atoms with Crippen molar-refractivity contribution in [2.45, 2.75) is 52.5 Å². The van der Waals surface area contributed by atoms with Gasteiger partial charge in [-0.25, -0.2) is 0 Å². The summed E-state index contributed by atoms with van der Waals surface area (Å²) in [7, 11) is 0. The summed E-state index contributed by atoms with van der Waals surface area (Å²) in [5.74, 6) is -1.00. The molecule has 0 saturated heterocycles. The van der Waals surface area contributed by atoms with Crippen molar-refractivity contribution >= 4 is 11.9 Å². The Morgan fingerprint density at radius 2 is 1.87 bits per heavy atom. The Morgan fingerprint density at radius 1 is 1.27 bits per heavy atom. The van der Waals surface area contributed by atoms with Crippen LogP contribution in [-0.4, -0.2) is 23.0 Å². The molecule has 0 heterocycles. The first kappa shape index (κ1) is 13.9. The molecule has 2 atom stereocenters. The van der Waals surface area contributed by atoms with Crippen LogP contribution < -0.4 is 5.32 Å². The van der Waals surface area contributed by atoms with Gasteiger partial charge in [-0.2, -0.15) is 0 Å². The molecule has 0 fully saturated rings. The topological polar surface area (TPSA) is 66.4 Å². The summed E-state index contributed by atoms with van der Waals surface area (Å²) >= 11 is 0. The maximum absolute atomic E-state index is 11.4. The highest BCUT2D eigenvalue weighted by atomic mass is 16.4. The highest BCUT2D eigenvalue weighted by Gasteiger charge is 2.13. The largest absolute Gasteiger partial charge is 0.481 e. The average Bonchev–Trinajstić information content (AvgIpc) is 2.00. The second-order valence-electron chi connectivity index (χ2n) is 4.16. The van der Waals surface area contributed by atoms with Gasteiger partial charge in [-0.1, -0.05) is 20.3 Å². The fourth-order valence-electron chi connectivity index (χ4n) is 1.53. The number of carboxylic acids is 1. The van der Waals surface area contributed by atoms with Gasteiger partial charge in [-0.15, -0.1) is 0 Å². The van der Waals surface area contributed by atoms with Crippen molar-refractivity contribution in [1.82, 2.24) is 5.32 Å². The van der Waals surface area contributed by atoms with Gasteiger partial charge in [0.1, 0.15) is 0 Å².